The number of amides is 5. The lowest BCUT2D eigenvalue weighted by Crippen LogP contribution is -2.37. The Morgan fingerprint density at radius 3 is 1.08 bits per heavy atom. The van der Waals surface area contributed by atoms with E-state index >= 15 is 0 Å². The van der Waals surface area contributed by atoms with Crippen LogP contribution in [0.1, 0.15) is 179 Å². The van der Waals surface area contributed by atoms with Crippen molar-refractivity contribution >= 4 is 104 Å². The lowest BCUT2D eigenvalue weighted by molar-refractivity contribution is -0.129. The maximum Gasteiger partial charge on any atom is 0.252 e. The fourth-order valence-corrected chi connectivity index (χ4v) is 16.9. The topological polar surface area (TPSA) is 191 Å². The number of carbonyl (C=O) groups is 5. The SMILES string of the molecule is CC1=NCC(C(=O)N(CCC2CCCC2)Cc2ccccc2Cl)=C1.CC1=NCC(C(=O)N(CCC2CCCCO2)Cc2ccccc2Cl)=C1.CC1=NCC(C(=O)N(CCC2CCCO2)Cc2ccccc2F)=C1.CC1=NCC(C(=O)N(Cc2ccccc2F)CC2CCCCC2)=C1.CCOCCN(Cc1c(Cl)cccc1Cl)C(=O)C1=CC(C)=NC1. The highest BCUT2D eigenvalue weighted by Gasteiger charge is 2.31. The van der Waals surface area contributed by atoms with Gasteiger partial charge in [-0.1, -0.05) is 170 Å². The third-order valence-electron chi connectivity index (χ3n) is 22.8. The zero-order valence-electron chi connectivity index (χ0n) is 70.6. The lowest BCUT2D eigenvalue weighted by Gasteiger charge is -2.30. The Kier molecular flexibility index (Phi) is 38.2. The van der Waals surface area contributed by atoms with Crippen molar-refractivity contribution in [3.8, 4) is 0 Å². The molecule has 2 aliphatic carbocycles. The van der Waals surface area contributed by atoms with Crippen molar-refractivity contribution in [3.05, 3.63) is 233 Å². The van der Waals surface area contributed by atoms with Crippen LogP contribution in [0.2, 0.25) is 20.1 Å². The van der Waals surface area contributed by atoms with Crippen molar-refractivity contribution in [2.75, 3.05) is 91.9 Å². The minimum Gasteiger partial charge on any atom is -0.380 e. The molecule has 5 aromatic carbocycles. The van der Waals surface area contributed by atoms with Crippen molar-refractivity contribution in [1.29, 1.82) is 0 Å². The minimum atomic E-state index is -0.278. The maximum atomic E-state index is 14.1. The summed E-state index contributed by atoms with van der Waals surface area (Å²) in [5.74, 6) is 0.819. The van der Waals surface area contributed by atoms with Crippen molar-refractivity contribution in [3.63, 3.8) is 0 Å². The van der Waals surface area contributed by atoms with E-state index in [-0.39, 0.29) is 59.9 Å². The molecule has 2 saturated carbocycles. The zero-order valence-corrected chi connectivity index (χ0v) is 73.7. The Balaban J connectivity index is 0.000000158. The lowest BCUT2D eigenvalue weighted by atomic mass is 9.88. The average molecular weight is 1720 g/mol. The van der Waals surface area contributed by atoms with Gasteiger partial charge in [-0.2, -0.15) is 0 Å². The van der Waals surface area contributed by atoms with Gasteiger partial charge in [0, 0.05) is 178 Å². The second-order valence-corrected chi connectivity index (χ2v) is 33.8. The summed E-state index contributed by atoms with van der Waals surface area (Å²) in [6.07, 6.45) is 29.4. The van der Waals surface area contributed by atoms with E-state index in [2.05, 4.69) is 25.0 Å². The molecule has 18 nitrogen and oxygen atoms in total. The van der Waals surface area contributed by atoms with Crippen LogP contribution in [0.4, 0.5) is 8.78 Å². The third kappa shape index (κ3) is 29.6. The standard InChI is InChI=1S/C20H25ClN2O2.C20H25ClN2O.C20H25FN2O.C19H23FN2O2.C17H20Cl2N2O2/c1-15-12-17(13-22-15)20(24)23(10-9-18-7-4-5-11-25-18)14-16-6-2-3-8-19(16)21;1-15-12-18(13-22-15)20(24)23(11-10-16-6-2-3-7-16)14-17-8-4-5-9-19(17)21;1-15-11-18(12-22-15)20(24)23(13-16-7-3-2-4-8-16)14-17-9-5-6-10-19(17)21;1-14-11-16(12-21-14)19(23)22(9-8-17-6-4-10-24-17)13-15-5-2-3-7-18(15)20;1-3-23-8-7-21(17(22)13-9-12(2)20-10-13)11-14-15(18)5-4-6-16(14)19/h2-3,6,8,12,18H,4-5,7,9-11,13-14H2,1H3;4-5,8-9,12,16H,2-3,6-7,10-11,13-14H2,1H3;5-6,9-11,16H,2-4,7-8,12-14H2,1H3;2-3,5,7,11,17H,4,6,8-10,12-13H2,1H3;4-6,9H,3,7-8,10-11H2,1-2H3. The van der Waals surface area contributed by atoms with Crippen molar-refractivity contribution < 1.29 is 47.0 Å². The Labute approximate surface area is 728 Å². The minimum absolute atomic E-state index is 0.00410. The maximum absolute atomic E-state index is 14.1. The number of benzene rings is 5. The van der Waals surface area contributed by atoms with Crippen LogP contribution in [-0.4, -0.2) is 187 Å². The number of halogens is 6. The van der Waals surface area contributed by atoms with Crippen molar-refractivity contribution in [2.24, 2.45) is 36.8 Å². The smallest absolute Gasteiger partial charge is 0.252 e. The van der Waals surface area contributed by atoms with Gasteiger partial charge < -0.3 is 38.7 Å². The highest BCUT2D eigenvalue weighted by molar-refractivity contribution is 6.36. The molecule has 7 heterocycles. The zero-order chi connectivity index (χ0) is 85.3. The number of hydrogen-bond donors (Lipinski definition) is 0. The first-order valence-corrected chi connectivity index (χ1v) is 44.3. The van der Waals surface area contributed by atoms with E-state index in [1.807, 2.05) is 141 Å². The van der Waals surface area contributed by atoms with Crippen LogP contribution in [0.15, 0.2) is 198 Å². The number of hydrogen-bond acceptors (Lipinski definition) is 13. The summed E-state index contributed by atoms with van der Waals surface area (Å²) in [5, 5.41) is 2.53. The van der Waals surface area contributed by atoms with Crippen molar-refractivity contribution in [2.45, 2.75) is 196 Å². The molecule has 642 valence electrons. The molecule has 0 radical (unpaired) electrons. The van der Waals surface area contributed by atoms with E-state index < -0.39 is 0 Å². The van der Waals surface area contributed by atoms with Crippen LogP contribution in [0.3, 0.4) is 0 Å². The molecule has 2 unspecified atom stereocenters. The number of nitrogens with zero attached hydrogens (tertiary/aromatic N) is 10. The van der Waals surface area contributed by atoms with Crippen LogP contribution in [0, 0.1) is 23.5 Å². The number of allylic oxidation sites excluding steroid dienone is 5. The Morgan fingerprint density at radius 1 is 0.375 bits per heavy atom. The Bertz CT molecular complexity index is 4510. The Morgan fingerprint density at radius 2 is 0.708 bits per heavy atom. The molecule has 9 aliphatic rings. The summed E-state index contributed by atoms with van der Waals surface area (Å²) < 4.78 is 44.9. The first-order chi connectivity index (χ1) is 58.0. The van der Waals surface area contributed by atoms with E-state index in [1.54, 1.807) is 58.3 Å². The van der Waals surface area contributed by atoms with Gasteiger partial charge in [0.05, 0.1) is 51.5 Å². The molecule has 5 aromatic rings. The highest BCUT2D eigenvalue weighted by atomic mass is 35.5. The van der Waals surface area contributed by atoms with Gasteiger partial charge in [-0.15, -0.1) is 0 Å². The monoisotopic (exact) mass is 1720 g/mol. The van der Waals surface area contributed by atoms with E-state index in [0.717, 1.165) is 150 Å². The number of aliphatic imine (C=N–C) groups is 5. The fraction of sp³-hybridized carbons (Fsp3) is 0.479. The molecular formula is C96H118Cl4F2N10O8. The molecule has 5 amide bonds. The van der Waals surface area contributed by atoms with Crippen LogP contribution in [0.25, 0.3) is 0 Å². The van der Waals surface area contributed by atoms with E-state index in [4.69, 9.17) is 60.6 Å². The summed E-state index contributed by atoms with van der Waals surface area (Å²) in [4.78, 5) is 95.0. The first kappa shape index (κ1) is 93.7. The van der Waals surface area contributed by atoms with Gasteiger partial charge in [0.15, 0.2) is 0 Å². The molecule has 0 N–H and O–H groups in total. The Hall–Kier alpha value is -8.60. The van der Waals surface area contributed by atoms with Gasteiger partial charge in [-0.05, 0) is 195 Å². The molecule has 14 rings (SSSR count). The van der Waals surface area contributed by atoms with Gasteiger partial charge in [0.2, 0.25) is 0 Å². The summed E-state index contributed by atoms with van der Waals surface area (Å²) in [5.41, 5.74) is 12.0. The van der Waals surface area contributed by atoms with Crippen LogP contribution < -0.4 is 0 Å². The van der Waals surface area contributed by atoms with Gasteiger partial charge >= 0.3 is 0 Å². The summed E-state index contributed by atoms with van der Waals surface area (Å²) in [7, 11) is 0. The van der Waals surface area contributed by atoms with Gasteiger partial charge in [0.25, 0.3) is 29.5 Å². The van der Waals surface area contributed by atoms with Gasteiger partial charge in [-0.25, -0.2) is 8.78 Å². The second-order valence-electron chi connectivity index (χ2n) is 32.1. The molecule has 0 spiro atoms. The molecule has 0 bridgehead atoms. The number of ether oxygens (including phenoxy) is 3. The predicted octanol–water partition coefficient (Wildman–Crippen LogP) is 19.7. The summed E-state index contributed by atoms with van der Waals surface area (Å²) >= 11 is 25.1. The second kappa shape index (κ2) is 48.9. The molecular weight excluding hydrogens is 1600 g/mol. The van der Waals surface area contributed by atoms with Crippen LogP contribution >= 0.6 is 46.4 Å². The van der Waals surface area contributed by atoms with Crippen molar-refractivity contribution in [1.82, 2.24) is 24.5 Å². The largest absolute Gasteiger partial charge is 0.380 e. The highest BCUT2D eigenvalue weighted by Crippen LogP contribution is 2.32. The van der Waals surface area contributed by atoms with Crippen LogP contribution in [0.5, 0.6) is 0 Å². The molecule has 2 saturated heterocycles. The predicted molar refractivity (Wildman–Crippen MR) is 481 cm³/mol. The normalized spacial score (nSPS) is 18.0. The number of carbonyl (C=O) groups excluding carboxylic acids is 5. The quantitative estimate of drug-likeness (QED) is 0.0406. The molecule has 2 atom stereocenters. The van der Waals surface area contributed by atoms with E-state index in [1.165, 1.54) is 63.5 Å². The van der Waals surface area contributed by atoms with E-state index in [0.29, 0.717) is 142 Å². The third-order valence-corrected chi connectivity index (χ3v) is 24.3. The van der Waals surface area contributed by atoms with Gasteiger partial charge in [-0.3, -0.25) is 48.9 Å². The van der Waals surface area contributed by atoms with E-state index in [9.17, 15) is 32.8 Å². The van der Waals surface area contributed by atoms with Gasteiger partial charge in [0.1, 0.15) is 11.6 Å². The summed E-state index contributed by atoms with van der Waals surface area (Å²) in [6.45, 7) is 21.7. The molecule has 7 aliphatic heterocycles. The van der Waals surface area contributed by atoms with Crippen LogP contribution in [-0.2, 0) is 70.9 Å². The fourth-order valence-electron chi connectivity index (χ4n) is 16.0. The molecule has 4 fully saturated rings. The molecule has 0 aromatic heterocycles. The molecule has 24 heteroatoms. The summed E-state index contributed by atoms with van der Waals surface area (Å²) in [6, 6.07) is 34.2. The first-order valence-electron chi connectivity index (χ1n) is 42.8. The average Bonchev–Trinajstić information content (AvgIpc) is 1.36. The number of rotatable bonds is 30. The molecule has 120 heavy (non-hydrogen) atoms.